The van der Waals surface area contributed by atoms with Crippen molar-refractivity contribution in [2.75, 3.05) is 5.32 Å². The summed E-state index contributed by atoms with van der Waals surface area (Å²) in [6, 6.07) is 22.5. The van der Waals surface area contributed by atoms with Gasteiger partial charge in [-0.15, -0.1) is 11.8 Å². The van der Waals surface area contributed by atoms with E-state index in [4.69, 9.17) is 26.0 Å². The number of carbonyl (C=O) groups is 2. The molecule has 0 saturated heterocycles. The van der Waals surface area contributed by atoms with Crippen molar-refractivity contribution in [3.63, 3.8) is 0 Å². The van der Waals surface area contributed by atoms with Gasteiger partial charge in [-0.3, -0.25) is 10.1 Å². The van der Waals surface area contributed by atoms with Crippen LogP contribution in [0, 0.1) is 6.92 Å². The van der Waals surface area contributed by atoms with E-state index in [2.05, 4.69) is 10.5 Å². The molecule has 0 aliphatic heterocycles. The number of rotatable bonds is 9. The van der Waals surface area contributed by atoms with E-state index in [1.165, 1.54) is 0 Å². The lowest BCUT2D eigenvalue weighted by atomic mass is 10.1. The highest BCUT2D eigenvalue weighted by atomic mass is 35.5. The topological polar surface area (TPSA) is 102 Å². The predicted octanol–water partition coefficient (Wildman–Crippen LogP) is 7.53. The van der Waals surface area contributed by atoms with E-state index in [1.807, 2.05) is 66.7 Å². The number of aliphatic carboxylic acids is 1. The van der Waals surface area contributed by atoms with Gasteiger partial charge in [0.05, 0.1) is 6.42 Å². The molecule has 7 nitrogen and oxygen atoms in total. The number of carboxylic acid groups (broad SMARTS) is 1. The van der Waals surface area contributed by atoms with Gasteiger partial charge in [-0.1, -0.05) is 71.4 Å². The lowest BCUT2D eigenvalue weighted by molar-refractivity contribution is -0.136. The smallest absolute Gasteiger partial charge is 0.412 e. The number of thioether (sulfide) groups is 1. The van der Waals surface area contributed by atoms with Crippen molar-refractivity contribution in [3.05, 3.63) is 100 Å². The van der Waals surface area contributed by atoms with Crippen molar-refractivity contribution < 1.29 is 24.0 Å². The molecule has 1 heterocycles. The van der Waals surface area contributed by atoms with Crippen LogP contribution in [-0.4, -0.2) is 22.3 Å². The number of aromatic nitrogens is 1. The van der Waals surface area contributed by atoms with E-state index in [0.29, 0.717) is 27.7 Å². The van der Waals surface area contributed by atoms with Gasteiger partial charge in [0.15, 0.2) is 5.76 Å². The van der Waals surface area contributed by atoms with Crippen molar-refractivity contribution >= 4 is 41.1 Å². The van der Waals surface area contributed by atoms with E-state index < -0.39 is 18.2 Å². The average Bonchev–Trinajstić information content (AvgIpc) is 3.23. The minimum Gasteiger partial charge on any atom is -0.481 e. The number of ether oxygens (including phenoxy) is 1. The zero-order chi connectivity index (χ0) is 26.4. The summed E-state index contributed by atoms with van der Waals surface area (Å²) in [5.74, 6) is 0.336. The molecule has 190 valence electrons. The molecule has 0 spiro atoms. The fourth-order valence-corrected chi connectivity index (χ4v) is 4.82. The van der Waals surface area contributed by atoms with Crippen LogP contribution in [-0.2, 0) is 21.7 Å². The van der Waals surface area contributed by atoms with Crippen LogP contribution in [0.15, 0.2) is 82.2 Å². The molecule has 0 saturated carbocycles. The van der Waals surface area contributed by atoms with E-state index in [-0.39, 0.29) is 6.42 Å². The first kappa shape index (κ1) is 26.3. The number of carboxylic acids is 1. The second-order valence-electron chi connectivity index (χ2n) is 8.37. The van der Waals surface area contributed by atoms with Gasteiger partial charge in [0, 0.05) is 26.8 Å². The molecular weight excluding hydrogens is 512 g/mol. The van der Waals surface area contributed by atoms with Crippen LogP contribution in [0.2, 0.25) is 5.02 Å². The molecule has 1 amide bonds. The maximum absolute atomic E-state index is 12.6. The minimum atomic E-state index is -0.843. The minimum absolute atomic E-state index is 0.0164. The van der Waals surface area contributed by atoms with Crippen molar-refractivity contribution in [2.24, 2.45) is 0 Å². The Morgan fingerprint density at radius 1 is 1.05 bits per heavy atom. The highest BCUT2D eigenvalue weighted by Gasteiger charge is 2.20. The molecule has 0 aliphatic rings. The summed E-state index contributed by atoms with van der Waals surface area (Å²) in [5, 5.41) is 16.2. The van der Waals surface area contributed by atoms with E-state index in [1.54, 1.807) is 31.7 Å². The first-order valence-corrected chi connectivity index (χ1v) is 12.9. The molecule has 1 aromatic heterocycles. The van der Waals surface area contributed by atoms with Gasteiger partial charge in [-0.25, -0.2) is 4.79 Å². The highest BCUT2D eigenvalue weighted by molar-refractivity contribution is 7.98. The molecule has 4 rings (SSSR count). The van der Waals surface area contributed by atoms with Gasteiger partial charge in [-0.2, -0.15) is 0 Å². The third-order valence-electron chi connectivity index (χ3n) is 5.62. The number of halogens is 1. The SMILES string of the molecule is Cc1noc(-c2ccc(CSc3ccc(CC(=O)O)cc3)cc2)c1NC(=O)OC(C)c1ccccc1Cl. The van der Waals surface area contributed by atoms with Crippen molar-refractivity contribution in [1.82, 2.24) is 5.16 Å². The van der Waals surface area contributed by atoms with Crippen LogP contribution in [0.4, 0.5) is 10.5 Å². The zero-order valence-corrected chi connectivity index (χ0v) is 21.8. The normalized spacial score (nSPS) is 11.6. The number of amides is 1. The average molecular weight is 537 g/mol. The quantitative estimate of drug-likeness (QED) is 0.213. The fraction of sp³-hybridized carbons (Fsp3) is 0.179. The van der Waals surface area contributed by atoms with Crippen LogP contribution in [0.25, 0.3) is 11.3 Å². The molecule has 0 bridgehead atoms. The lowest BCUT2D eigenvalue weighted by Crippen LogP contribution is -2.17. The number of hydrogen-bond donors (Lipinski definition) is 2. The standard InChI is InChI=1S/C28H25ClN2O5S/c1-17-26(30-28(34)35-18(2)23-5-3-4-6-24(23)29)27(36-31-17)21-11-7-20(8-12-21)16-37-22-13-9-19(10-14-22)15-25(32)33/h3-14,18H,15-16H2,1-2H3,(H,30,34)(H,32,33). The second-order valence-corrected chi connectivity index (χ2v) is 9.82. The maximum atomic E-state index is 12.6. The molecule has 37 heavy (non-hydrogen) atoms. The van der Waals surface area contributed by atoms with Crippen molar-refractivity contribution in [1.29, 1.82) is 0 Å². The summed E-state index contributed by atoms with van der Waals surface area (Å²) in [6.07, 6.45) is -1.16. The first-order valence-electron chi connectivity index (χ1n) is 11.5. The van der Waals surface area contributed by atoms with E-state index >= 15 is 0 Å². The summed E-state index contributed by atoms with van der Waals surface area (Å²) in [5.41, 5.74) is 4.33. The molecule has 0 aliphatic carbocycles. The highest BCUT2D eigenvalue weighted by Crippen LogP contribution is 2.33. The molecule has 1 atom stereocenters. The Morgan fingerprint density at radius 3 is 2.41 bits per heavy atom. The van der Waals surface area contributed by atoms with Crippen LogP contribution >= 0.6 is 23.4 Å². The number of nitrogens with zero attached hydrogens (tertiary/aromatic N) is 1. The van der Waals surface area contributed by atoms with Crippen molar-refractivity contribution in [2.45, 2.75) is 37.0 Å². The van der Waals surface area contributed by atoms with Gasteiger partial charge in [0.25, 0.3) is 0 Å². The third kappa shape index (κ3) is 6.93. The molecule has 1 unspecified atom stereocenters. The maximum Gasteiger partial charge on any atom is 0.412 e. The number of anilines is 1. The largest absolute Gasteiger partial charge is 0.481 e. The van der Waals surface area contributed by atoms with Crippen LogP contribution in [0.5, 0.6) is 0 Å². The summed E-state index contributed by atoms with van der Waals surface area (Å²) in [4.78, 5) is 24.5. The third-order valence-corrected chi connectivity index (χ3v) is 7.04. The predicted molar refractivity (Wildman–Crippen MR) is 144 cm³/mol. The molecule has 9 heteroatoms. The van der Waals surface area contributed by atoms with Crippen LogP contribution in [0.3, 0.4) is 0 Å². The number of aryl methyl sites for hydroxylation is 1. The Morgan fingerprint density at radius 2 is 1.73 bits per heavy atom. The number of nitrogens with one attached hydrogen (secondary N) is 1. The van der Waals surface area contributed by atoms with Gasteiger partial charge >= 0.3 is 12.1 Å². The lowest BCUT2D eigenvalue weighted by Gasteiger charge is -2.15. The van der Waals surface area contributed by atoms with Crippen LogP contribution < -0.4 is 5.32 Å². The van der Waals surface area contributed by atoms with E-state index in [0.717, 1.165) is 27.3 Å². The van der Waals surface area contributed by atoms with Gasteiger partial charge in [0.2, 0.25) is 0 Å². The molecule has 0 fully saturated rings. The molecule has 4 aromatic rings. The summed E-state index contributed by atoms with van der Waals surface area (Å²) < 4.78 is 11.0. The Labute approximate surface area is 223 Å². The number of benzene rings is 3. The van der Waals surface area contributed by atoms with Crippen LogP contribution in [0.1, 0.15) is 35.4 Å². The number of carbonyl (C=O) groups excluding carboxylic acids is 1. The van der Waals surface area contributed by atoms with Crippen molar-refractivity contribution in [3.8, 4) is 11.3 Å². The molecule has 2 N–H and O–H groups in total. The fourth-order valence-electron chi connectivity index (χ4n) is 3.67. The number of hydrogen-bond acceptors (Lipinski definition) is 6. The molecule has 0 radical (unpaired) electrons. The van der Waals surface area contributed by atoms with E-state index in [9.17, 15) is 9.59 Å². The molecule has 3 aromatic carbocycles. The van der Waals surface area contributed by atoms with Gasteiger partial charge in [0.1, 0.15) is 17.5 Å². The monoisotopic (exact) mass is 536 g/mol. The zero-order valence-electron chi connectivity index (χ0n) is 20.2. The van der Waals surface area contributed by atoms with Gasteiger partial charge in [-0.05, 0) is 43.2 Å². The summed E-state index contributed by atoms with van der Waals surface area (Å²) >= 11 is 7.87. The Bertz CT molecular complexity index is 1390. The first-order chi connectivity index (χ1) is 17.8. The Kier molecular flexibility index (Phi) is 8.53. The Balaban J connectivity index is 1.38. The molecular formula is C28H25ClN2O5S. The second kappa shape index (κ2) is 12.0. The summed E-state index contributed by atoms with van der Waals surface area (Å²) in [7, 11) is 0. The summed E-state index contributed by atoms with van der Waals surface area (Å²) in [6.45, 7) is 3.50. The van der Waals surface area contributed by atoms with Gasteiger partial charge < -0.3 is 14.4 Å². The Hall–Kier alpha value is -3.75.